The van der Waals surface area contributed by atoms with Crippen LogP contribution in [0.2, 0.25) is 0 Å². The summed E-state index contributed by atoms with van der Waals surface area (Å²) in [5, 5.41) is 3.06. The van der Waals surface area contributed by atoms with Gasteiger partial charge in [-0.2, -0.15) is 0 Å². The molecule has 1 heterocycles. The first-order valence-electron chi connectivity index (χ1n) is 6.64. The standard InChI is InChI=1S/C14H25N3O2/c1-15-14-7-4-6-13(16-14)12-17(9-11-19-3)8-5-10-18-2/h4,6-7H,5,8-12H2,1-3H3,(H,15,16). The maximum atomic E-state index is 5.16. The summed E-state index contributed by atoms with van der Waals surface area (Å²) >= 11 is 0. The van der Waals surface area contributed by atoms with Crippen LogP contribution in [0.4, 0.5) is 5.82 Å². The van der Waals surface area contributed by atoms with Crippen LogP contribution in [0, 0.1) is 0 Å². The van der Waals surface area contributed by atoms with Crippen LogP contribution in [0.25, 0.3) is 0 Å². The molecule has 1 aromatic heterocycles. The number of hydrogen-bond acceptors (Lipinski definition) is 5. The molecular formula is C14H25N3O2. The predicted molar refractivity (Wildman–Crippen MR) is 77.4 cm³/mol. The number of anilines is 1. The van der Waals surface area contributed by atoms with Gasteiger partial charge < -0.3 is 14.8 Å². The van der Waals surface area contributed by atoms with Gasteiger partial charge in [0.05, 0.1) is 12.3 Å². The monoisotopic (exact) mass is 267 g/mol. The maximum absolute atomic E-state index is 5.16. The third-order valence-corrected chi connectivity index (χ3v) is 2.88. The van der Waals surface area contributed by atoms with Crippen molar-refractivity contribution in [3.63, 3.8) is 0 Å². The maximum Gasteiger partial charge on any atom is 0.126 e. The highest BCUT2D eigenvalue weighted by Gasteiger charge is 2.07. The lowest BCUT2D eigenvalue weighted by molar-refractivity contribution is 0.128. The summed E-state index contributed by atoms with van der Waals surface area (Å²) in [6, 6.07) is 6.04. The largest absolute Gasteiger partial charge is 0.385 e. The van der Waals surface area contributed by atoms with Gasteiger partial charge in [0.15, 0.2) is 0 Å². The minimum Gasteiger partial charge on any atom is -0.385 e. The topological polar surface area (TPSA) is 46.6 Å². The van der Waals surface area contributed by atoms with Crippen LogP contribution in [0.3, 0.4) is 0 Å². The second-order valence-electron chi connectivity index (χ2n) is 4.38. The van der Waals surface area contributed by atoms with Crippen molar-refractivity contribution in [2.45, 2.75) is 13.0 Å². The van der Waals surface area contributed by atoms with Crippen LogP contribution in [0.1, 0.15) is 12.1 Å². The molecule has 5 nitrogen and oxygen atoms in total. The van der Waals surface area contributed by atoms with Gasteiger partial charge in [-0.1, -0.05) is 6.07 Å². The number of aromatic nitrogens is 1. The van der Waals surface area contributed by atoms with Crippen molar-refractivity contribution < 1.29 is 9.47 Å². The average Bonchev–Trinajstić information content (AvgIpc) is 2.45. The predicted octanol–water partition coefficient (Wildman–Crippen LogP) is 1.61. The Hall–Kier alpha value is -1.17. The molecule has 19 heavy (non-hydrogen) atoms. The highest BCUT2D eigenvalue weighted by molar-refractivity contribution is 5.34. The van der Waals surface area contributed by atoms with E-state index in [2.05, 4.69) is 21.3 Å². The Labute approximate surface area is 115 Å². The Kier molecular flexibility index (Phi) is 8.13. The normalized spacial score (nSPS) is 10.9. The zero-order valence-corrected chi connectivity index (χ0v) is 12.2. The van der Waals surface area contributed by atoms with Crippen LogP contribution in [0.5, 0.6) is 0 Å². The molecule has 0 saturated heterocycles. The van der Waals surface area contributed by atoms with E-state index in [1.165, 1.54) is 0 Å². The molecule has 1 aromatic rings. The van der Waals surface area contributed by atoms with Gasteiger partial charge in [-0.3, -0.25) is 4.90 Å². The molecule has 5 heteroatoms. The molecule has 0 fully saturated rings. The number of ether oxygens (including phenoxy) is 2. The van der Waals surface area contributed by atoms with Crippen molar-refractivity contribution in [2.75, 3.05) is 52.9 Å². The van der Waals surface area contributed by atoms with Crippen molar-refractivity contribution in [2.24, 2.45) is 0 Å². The number of pyridine rings is 1. The van der Waals surface area contributed by atoms with Gasteiger partial charge in [0.25, 0.3) is 0 Å². The number of nitrogens with zero attached hydrogens (tertiary/aromatic N) is 2. The molecule has 0 aliphatic rings. The lowest BCUT2D eigenvalue weighted by atomic mass is 10.3. The summed E-state index contributed by atoms with van der Waals surface area (Å²) in [5.74, 6) is 0.904. The van der Waals surface area contributed by atoms with Crippen LogP contribution in [0.15, 0.2) is 18.2 Å². The van der Waals surface area contributed by atoms with Crippen LogP contribution >= 0.6 is 0 Å². The fraction of sp³-hybridized carbons (Fsp3) is 0.643. The third-order valence-electron chi connectivity index (χ3n) is 2.88. The van der Waals surface area contributed by atoms with Gasteiger partial charge in [-0.05, 0) is 18.6 Å². The first-order valence-corrected chi connectivity index (χ1v) is 6.64. The number of hydrogen-bond donors (Lipinski definition) is 1. The van der Waals surface area contributed by atoms with Gasteiger partial charge in [0.1, 0.15) is 5.82 Å². The number of rotatable bonds is 10. The molecule has 0 unspecified atom stereocenters. The van der Waals surface area contributed by atoms with Gasteiger partial charge in [-0.25, -0.2) is 4.98 Å². The Bertz CT molecular complexity index is 347. The summed E-state index contributed by atoms with van der Waals surface area (Å²) in [5.41, 5.74) is 1.07. The van der Waals surface area contributed by atoms with Gasteiger partial charge >= 0.3 is 0 Å². The van der Waals surface area contributed by atoms with E-state index in [9.17, 15) is 0 Å². The quantitative estimate of drug-likeness (QED) is 0.653. The lowest BCUT2D eigenvalue weighted by Crippen LogP contribution is -2.29. The minimum absolute atomic E-state index is 0.735. The first-order chi connectivity index (χ1) is 9.30. The molecule has 1 N–H and O–H groups in total. The van der Waals surface area contributed by atoms with Crippen LogP contribution in [-0.2, 0) is 16.0 Å². The second-order valence-corrected chi connectivity index (χ2v) is 4.38. The fourth-order valence-corrected chi connectivity index (χ4v) is 1.86. The summed E-state index contributed by atoms with van der Waals surface area (Å²) < 4.78 is 10.3. The third kappa shape index (κ3) is 6.52. The van der Waals surface area contributed by atoms with E-state index in [0.29, 0.717) is 0 Å². The summed E-state index contributed by atoms with van der Waals surface area (Å²) in [6.07, 6.45) is 1.02. The van der Waals surface area contributed by atoms with Crippen molar-refractivity contribution >= 4 is 5.82 Å². The molecule has 0 radical (unpaired) electrons. The van der Waals surface area contributed by atoms with E-state index in [0.717, 1.165) is 50.8 Å². The number of nitrogens with one attached hydrogen (secondary N) is 1. The van der Waals surface area contributed by atoms with E-state index < -0.39 is 0 Å². The molecule has 0 atom stereocenters. The zero-order valence-electron chi connectivity index (χ0n) is 12.2. The van der Waals surface area contributed by atoms with Crippen molar-refractivity contribution in [1.82, 2.24) is 9.88 Å². The Morgan fingerprint density at radius 2 is 1.95 bits per heavy atom. The van der Waals surface area contributed by atoms with E-state index in [-0.39, 0.29) is 0 Å². The Morgan fingerprint density at radius 3 is 2.63 bits per heavy atom. The van der Waals surface area contributed by atoms with Crippen LogP contribution < -0.4 is 5.32 Å². The number of methoxy groups -OCH3 is 2. The molecule has 0 spiro atoms. The smallest absolute Gasteiger partial charge is 0.126 e. The van der Waals surface area contributed by atoms with Crippen molar-refractivity contribution in [3.8, 4) is 0 Å². The summed E-state index contributed by atoms with van der Waals surface area (Å²) in [7, 11) is 5.35. The van der Waals surface area contributed by atoms with Crippen molar-refractivity contribution in [3.05, 3.63) is 23.9 Å². The summed E-state index contributed by atoms with van der Waals surface area (Å²) in [4.78, 5) is 6.88. The molecule has 0 aliphatic heterocycles. The fourth-order valence-electron chi connectivity index (χ4n) is 1.86. The molecule has 1 rings (SSSR count). The molecule has 0 amide bonds. The molecule has 0 saturated carbocycles. The van der Waals surface area contributed by atoms with Gasteiger partial charge in [0.2, 0.25) is 0 Å². The van der Waals surface area contributed by atoms with E-state index in [4.69, 9.17) is 9.47 Å². The van der Waals surface area contributed by atoms with Gasteiger partial charge in [-0.15, -0.1) is 0 Å². The highest BCUT2D eigenvalue weighted by Crippen LogP contribution is 2.07. The molecule has 0 aliphatic carbocycles. The molecular weight excluding hydrogens is 242 g/mol. The van der Waals surface area contributed by atoms with E-state index >= 15 is 0 Å². The minimum atomic E-state index is 0.735. The lowest BCUT2D eigenvalue weighted by Gasteiger charge is -2.21. The Balaban J connectivity index is 2.53. The highest BCUT2D eigenvalue weighted by atomic mass is 16.5. The van der Waals surface area contributed by atoms with Crippen LogP contribution in [-0.4, -0.2) is 57.5 Å². The molecule has 0 aromatic carbocycles. The van der Waals surface area contributed by atoms with E-state index in [1.54, 1.807) is 14.2 Å². The van der Waals surface area contributed by atoms with Crippen molar-refractivity contribution in [1.29, 1.82) is 0 Å². The average molecular weight is 267 g/mol. The molecule has 0 bridgehead atoms. The van der Waals surface area contributed by atoms with E-state index in [1.807, 2.05) is 19.2 Å². The molecule has 108 valence electrons. The Morgan fingerprint density at radius 1 is 1.16 bits per heavy atom. The first kappa shape index (κ1) is 15.9. The van der Waals surface area contributed by atoms with Gasteiger partial charge in [0, 0.05) is 47.5 Å². The summed E-state index contributed by atoms with van der Waals surface area (Å²) in [6.45, 7) is 4.25. The SMILES string of the molecule is CNc1cccc(CN(CCCOC)CCOC)n1. The zero-order chi connectivity index (χ0) is 13.9. The second kappa shape index (κ2) is 9.72.